The van der Waals surface area contributed by atoms with Crippen molar-refractivity contribution in [2.24, 2.45) is 0 Å². The van der Waals surface area contributed by atoms with Crippen molar-refractivity contribution in [2.45, 2.75) is 31.7 Å². The Morgan fingerprint density at radius 3 is 2.44 bits per heavy atom. The highest BCUT2D eigenvalue weighted by Gasteiger charge is 2.27. The molecule has 0 unspecified atom stereocenters. The van der Waals surface area contributed by atoms with Gasteiger partial charge in [0.2, 0.25) is 0 Å². The van der Waals surface area contributed by atoms with E-state index >= 15 is 0 Å². The van der Waals surface area contributed by atoms with Gasteiger partial charge in [0.25, 0.3) is 5.91 Å². The Kier molecular flexibility index (Phi) is 4.79. The highest BCUT2D eigenvalue weighted by atomic mass is 16.2. The van der Waals surface area contributed by atoms with Crippen LogP contribution < -0.4 is 0 Å². The normalized spacial score (nSPS) is 19.3. The third kappa shape index (κ3) is 3.59. The number of amides is 1. The minimum absolute atomic E-state index is 0.160. The zero-order chi connectivity index (χ0) is 17.1. The lowest BCUT2D eigenvalue weighted by Gasteiger charge is -2.36. The van der Waals surface area contributed by atoms with E-state index in [1.54, 1.807) is 6.20 Å². The predicted octanol–water partition coefficient (Wildman–Crippen LogP) is 3.45. The molecule has 0 bridgehead atoms. The largest absolute Gasteiger partial charge is 0.337 e. The van der Waals surface area contributed by atoms with Crippen LogP contribution in [0, 0.1) is 0 Å². The highest BCUT2D eigenvalue weighted by molar-refractivity contribution is 5.94. The molecule has 2 heterocycles. The molecule has 1 aromatic heterocycles. The van der Waals surface area contributed by atoms with Crippen molar-refractivity contribution in [3.63, 3.8) is 0 Å². The summed E-state index contributed by atoms with van der Waals surface area (Å²) in [6.07, 6.45) is 8.74. The molecule has 1 saturated carbocycles. The molecule has 2 fully saturated rings. The van der Waals surface area contributed by atoms with Crippen LogP contribution in [0.1, 0.15) is 36.0 Å². The van der Waals surface area contributed by atoms with Crippen molar-refractivity contribution in [2.75, 3.05) is 26.2 Å². The minimum Gasteiger partial charge on any atom is -0.337 e. The Hall–Kier alpha value is -2.20. The summed E-state index contributed by atoms with van der Waals surface area (Å²) in [5.74, 6) is 0.160. The zero-order valence-corrected chi connectivity index (χ0v) is 14.6. The lowest BCUT2D eigenvalue weighted by Crippen LogP contribution is -2.42. The molecule has 4 rings (SSSR count). The number of carbonyl (C=O) groups excluding carboxylic acids is 1. The molecule has 1 amide bonds. The maximum atomic E-state index is 12.9. The van der Waals surface area contributed by atoms with Crippen LogP contribution in [-0.2, 0) is 0 Å². The molecule has 4 nitrogen and oxygen atoms in total. The quantitative estimate of drug-likeness (QED) is 0.862. The van der Waals surface area contributed by atoms with E-state index in [0.29, 0.717) is 0 Å². The van der Waals surface area contributed by atoms with E-state index in [0.717, 1.165) is 55.3 Å². The minimum atomic E-state index is 0.160. The van der Waals surface area contributed by atoms with Gasteiger partial charge in [-0.2, -0.15) is 0 Å². The van der Waals surface area contributed by atoms with Crippen LogP contribution in [0.5, 0.6) is 0 Å². The number of hydrogen-bond acceptors (Lipinski definition) is 3. The number of rotatable bonds is 3. The van der Waals surface area contributed by atoms with Gasteiger partial charge in [0.15, 0.2) is 0 Å². The molecule has 0 radical (unpaired) electrons. The van der Waals surface area contributed by atoms with Crippen molar-refractivity contribution in [3.05, 3.63) is 54.4 Å². The van der Waals surface area contributed by atoms with Crippen LogP contribution in [0.2, 0.25) is 0 Å². The second-order valence-electron chi connectivity index (χ2n) is 7.09. The van der Waals surface area contributed by atoms with E-state index < -0.39 is 0 Å². The second-order valence-corrected chi connectivity index (χ2v) is 7.09. The first-order valence-corrected chi connectivity index (χ1v) is 9.35. The summed E-state index contributed by atoms with van der Waals surface area (Å²) in [6.45, 7) is 3.87. The number of pyridine rings is 1. The van der Waals surface area contributed by atoms with E-state index in [2.05, 4.69) is 9.88 Å². The Labute approximate surface area is 149 Å². The Morgan fingerprint density at radius 2 is 1.76 bits per heavy atom. The first-order valence-electron chi connectivity index (χ1n) is 9.35. The first-order chi connectivity index (χ1) is 12.3. The summed E-state index contributed by atoms with van der Waals surface area (Å²) < 4.78 is 0. The first kappa shape index (κ1) is 16.3. The molecule has 0 N–H and O–H groups in total. The van der Waals surface area contributed by atoms with Gasteiger partial charge in [0.1, 0.15) is 0 Å². The summed E-state index contributed by atoms with van der Waals surface area (Å²) in [4.78, 5) is 21.6. The average molecular weight is 335 g/mol. The molecule has 4 heteroatoms. The Bertz CT molecular complexity index is 710. The molecular formula is C21H25N3O. The second kappa shape index (κ2) is 7.36. The monoisotopic (exact) mass is 335 g/mol. The van der Waals surface area contributed by atoms with E-state index in [-0.39, 0.29) is 5.91 Å². The van der Waals surface area contributed by atoms with E-state index in [4.69, 9.17) is 0 Å². The maximum Gasteiger partial charge on any atom is 0.253 e. The van der Waals surface area contributed by atoms with Crippen molar-refractivity contribution in [3.8, 4) is 11.1 Å². The molecule has 25 heavy (non-hydrogen) atoms. The van der Waals surface area contributed by atoms with Crippen LogP contribution in [0.3, 0.4) is 0 Å². The standard InChI is InChI=1S/C21H25N3O/c25-21(24-13-3-12-23(14-15-24)20-5-1-6-20)18-9-7-17(8-10-18)19-4-2-11-22-16-19/h2,4,7-11,16,20H,1,3,5-6,12-15H2. The van der Waals surface area contributed by atoms with Gasteiger partial charge in [-0.1, -0.05) is 24.6 Å². The van der Waals surface area contributed by atoms with E-state index in [9.17, 15) is 4.79 Å². The van der Waals surface area contributed by atoms with E-state index in [1.807, 2.05) is 47.5 Å². The van der Waals surface area contributed by atoms with Crippen LogP contribution in [0.25, 0.3) is 11.1 Å². The third-order valence-electron chi connectivity index (χ3n) is 5.54. The fourth-order valence-electron chi connectivity index (χ4n) is 3.78. The van der Waals surface area contributed by atoms with Gasteiger partial charge < -0.3 is 4.90 Å². The van der Waals surface area contributed by atoms with E-state index in [1.165, 1.54) is 19.3 Å². The molecule has 1 aliphatic carbocycles. The smallest absolute Gasteiger partial charge is 0.253 e. The fraction of sp³-hybridized carbons (Fsp3) is 0.429. The molecule has 1 aliphatic heterocycles. The number of carbonyl (C=O) groups is 1. The average Bonchev–Trinajstić information content (AvgIpc) is 2.87. The van der Waals surface area contributed by atoms with Crippen molar-refractivity contribution >= 4 is 5.91 Å². The summed E-state index contributed by atoms with van der Waals surface area (Å²) >= 11 is 0. The summed E-state index contributed by atoms with van der Waals surface area (Å²) in [7, 11) is 0. The van der Waals surface area contributed by atoms with Crippen LogP contribution in [0.4, 0.5) is 0 Å². The van der Waals surface area contributed by atoms with Crippen molar-refractivity contribution < 1.29 is 4.79 Å². The Morgan fingerprint density at radius 1 is 0.920 bits per heavy atom. The summed E-state index contributed by atoms with van der Waals surface area (Å²) in [6, 6.07) is 12.7. The SMILES string of the molecule is O=C(c1ccc(-c2cccnc2)cc1)N1CCCN(C2CCC2)CC1. The van der Waals surface area contributed by atoms with Crippen molar-refractivity contribution in [1.82, 2.24) is 14.8 Å². The van der Waals surface area contributed by atoms with Gasteiger partial charge in [0, 0.05) is 50.2 Å². The van der Waals surface area contributed by atoms with Gasteiger partial charge in [-0.05, 0) is 48.6 Å². The third-order valence-corrected chi connectivity index (χ3v) is 5.54. The molecule has 2 aromatic rings. The highest BCUT2D eigenvalue weighted by Crippen LogP contribution is 2.26. The molecule has 1 saturated heterocycles. The lowest BCUT2D eigenvalue weighted by atomic mass is 9.91. The molecule has 130 valence electrons. The van der Waals surface area contributed by atoms with Crippen LogP contribution >= 0.6 is 0 Å². The number of aromatic nitrogens is 1. The van der Waals surface area contributed by atoms with Crippen LogP contribution in [0.15, 0.2) is 48.8 Å². The van der Waals surface area contributed by atoms with Crippen LogP contribution in [-0.4, -0.2) is 52.9 Å². The molecule has 1 aromatic carbocycles. The molecular weight excluding hydrogens is 310 g/mol. The number of benzene rings is 1. The Balaban J connectivity index is 1.42. The van der Waals surface area contributed by atoms with Gasteiger partial charge >= 0.3 is 0 Å². The molecule has 0 spiro atoms. The summed E-state index contributed by atoms with van der Waals surface area (Å²) in [5.41, 5.74) is 2.95. The lowest BCUT2D eigenvalue weighted by molar-refractivity contribution is 0.0749. The predicted molar refractivity (Wildman–Crippen MR) is 99.4 cm³/mol. The topological polar surface area (TPSA) is 36.4 Å². The number of nitrogens with zero attached hydrogens (tertiary/aromatic N) is 3. The molecule has 2 aliphatic rings. The van der Waals surface area contributed by atoms with Gasteiger partial charge in [-0.25, -0.2) is 0 Å². The zero-order valence-electron chi connectivity index (χ0n) is 14.6. The maximum absolute atomic E-state index is 12.9. The number of hydrogen-bond donors (Lipinski definition) is 0. The van der Waals surface area contributed by atoms with Gasteiger partial charge in [-0.15, -0.1) is 0 Å². The molecule has 0 atom stereocenters. The van der Waals surface area contributed by atoms with Gasteiger partial charge in [0.05, 0.1) is 0 Å². The fourth-order valence-corrected chi connectivity index (χ4v) is 3.78. The summed E-state index contributed by atoms with van der Waals surface area (Å²) in [5, 5.41) is 0. The van der Waals surface area contributed by atoms with Gasteiger partial charge in [-0.3, -0.25) is 14.7 Å². The van der Waals surface area contributed by atoms with Crippen molar-refractivity contribution in [1.29, 1.82) is 0 Å².